The van der Waals surface area contributed by atoms with Gasteiger partial charge in [0, 0.05) is 12.6 Å². The monoisotopic (exact) mass is 284 g/mol. The Morgan fingerprint density at radius 1 is 1.30 bits per heavy atom. The second kappa shape index (κ2) is 4.79. The van der Waals surface area contributed by atoms with Gasteiger partial charge in [-0.1, -0.05) is 0 Å². The molecule has 2 atom stereocenters. The molecule has 1 aliphatic rings. The smallest absolute Gasteiger partial charge is 0.243 e. The molecule has 1 aromatic rings. The van der Waals surface area contributed by atoms with Gasteiger partial charge in [-0.3, -0.25) is 9.69 Å². The zero-order valence-electron chi connectivity index (χ0n) is 11.7. The van der Waals surface area contributed by atoms with Crippen molar-refractivity contribution in [2.24, 2.45) is 0 Å². The van der Waals surface area contributed by atoms with Crippen LogP contribution in [0.3, 0.4) is 0 Å². The van der Waals surface area contributed by atoms with E-state index >= 15 is 0 Å². The normalized spacial score (nSPS) is 31.2. The lowest BCUT2D eigenvalue weighted by Gasteiger charge is -2.48. The number of piperazine rings is 1. The van der Waals surface area contributed by atoms with E-state index in [0.717, 1.165) is 6.07 Å². The van der Waals surface area contributed by atoms with E-state index in [1.54, 1.807) is 25.8 Å². The van der Waals surface area contributed by atoms with Crippen molar-refractivity contribution in [3.8, 4) is 0 Å². The summed E-state index contributed by atoms with van der Waals surface area (Å²) in [6.07, 6.45) is 0. The zero-order chi connectivity index (χ0) is 15.1. The quantitative estimate of drug-likeness (QED) is 0.851. The number of likely N-dealkylation sites (N-methyl/N-ethyl adjacent to an activating group) is 1. The molecular formula is C14H18F2N2O2. The summed E-state index contributed by atoms with van der Waals surface area (Å²) in [7, 11) is 1.70. The Hall–Kier alpha value is -1.53. The van der Waals surface area contributed by atoms with E-state index in [0.29, 0.717) is 12.1 Å². The van der Waals surface area contributed by atoms with Crippen LogP contribution in [0.25, 0.3) is 0 Å². The number of nitrogens with one attached hydrogen (secondary N) is 1. The summed E-state index contributed by atoms with van der Waals surface area (Å²) in [5.41, 5.74) is -1.59. The third-order valence-corrected chi connectivity index (χ3v) is 4.08. The van der Waals surface area contributed by atoms with Crippen molar-refractivity contribution in [2.75, 3.05) is 20.2 Å². The minimum atomic E-state index is -1.04. The van der Waals surface area contributed by atoms with Crippen LogP contribution >= 0.6 is 0 Å². The Morgan fingerprint density at radius 3 is 2.30 bits per heavy atom. The maximum Gasteiger partial charge on any atom is 0.243 e. The number of hydrogen-bond donors (Lipinski definition) is 2. The van der Waals surface area contributed by atoms with E-state index in [-0.39, 0.29) is 12.5 Å². The van der Waals surface area contributed by atoms with Crippen LogP contribution in [0, 0.1) is 11.6 Å². The van der Waals surface area contributed by atoms with E-state index in [4.69, 9.17) is 0 Å². The van der Waals surface area contributed by atoms with E-state index in [2.05, 4.69) is 5.32 Å². The fraction of sp³-hybridized carbons (Fsp3) is 0.500. The van der Waals surface area contributed by atoms with Crippen molar-refractivity contribution in [1.29, 1.82) is 0 Å². The Morgan fingerprint density at radius 2 is 1.85 bits per heavy atom. The van der Waals surface area contributed by atoms with Gasteiger partial charge in [-0.15, -0.1) is 0 Å². The number of carbonyl (C=O) groups is 1. The Kier molecular flexibility index (Phi) is 3.56. The van der Waals surface area contributed by atoms with Gasteiger partial charge in [0.2, 0.25) is 5.91 Å². The van der Waals surface area contributed by atoms with Gasteiger partial charge in [0.25, 0.3) is 0 Å². The van der Waals surface area contributed by atoms with Gasteiger partial charge in [-0.25, -0.2) is 8.78 Å². The van der Waals surface area contributed by atoms with Gasteiger partial charge in [0.15, 0.2) is 0 Å². The van der Waals surface area contributed by atoms with E-state index in [1.807, 2.05) is 0 Å². The number of benzene rings is 1. The molecule has 1 heterocycles. The molecule has 0 aliphatic carbocycles. The molecule has 1 aromatic carbocycles. The first-order valence-corrected chi connectivity index (χ1v) is 6.32. The summed E-state index contributed by atoms with van der Waals surface area (Å²) < 4.78 is 26.7. The van der Waals surface area contributed by atoms with Gasteiger partial charge in [0.05, 0.1) is 12.1 Å². The molecule has 0 unspecified atom stereocenters. The van der Waals surface area contributed by atoms with E-state index in [9.17, 15) is 18.7 Å². The van der Waals surface area contributed by atoms with Crippen LogP contribution in [0.5, 0.6) is 0 Å². The number of nitrogens with zero attached hydrogens (tertiary/aromatic N) is 1. The first-order chi connectivity index (χ1) is 9.21. The van der Waals surface area contributed by atoms with Crippen LogP contribution < -0.4 is 5.32 Å². The van der Waals surface area contributed by atoms with Gasteiger partial charge < -0.3 is 10.4 Å². The van der Waals surface area contributed by atoms with Crippen molar-refractivity contribution in [3.63, 3.8) is 0 Å². The molecule has 0 aromatic heterocycles. The van der Waals surface area contributed by atoms with Gasteiger partial charge in [0.1, 0.15) is 17.2 Å². The largest absolute Gasteiger partial charge is 0.394 e. The highest BCUT2D eigenvalue weighted by molar-refractivity contribution is 5.87. The standard InChI is InChI=1S/C14H18F2N2O2/c1-13(9-4-10(15)6-11(16)5-9)7-18(3)14(2,8-19)12(20)17-13/h4-6,19H,7-8H2,1-3H3,(H,17,20)/t13-,14-/m0/s1. The maximum atomic E-state index is 13.4. The molecule has 0 bridgehead atoms. The summed E-state index contributed by atoms with van der Waals surface area (Å²) in [5, 5.41) is 12.2. The van der Waals surface area contributed by atoms with E-state index in [1.165, 1.54) is 12.1 Å². The number of carbonyl (C=O) groups excluding carboxylic acids is 1. The fourth-order valence-electron chi connectivity index (χ4n) is 2.48. The number of rotatable bonds is 2. The summed E-state index contributed by atoms with van der Waals surface area (Å²) >= 11 is 0. The highest BCUT2D eigenvalue weighted by Gasteiger charge is 2.48. The SMILES string of the molecule is CN1C[C@@](C)(c2cc(F)cc(F)c2)NC(=O)[C@]1(C)CO. The molecule has 2 N–H and O–H groups in total. The Bertz CT molecular complexity index is 532. The van der Waals surface area contributed by atoms with E-state index < -0.39 is 22.7 Å². The lowest BCUT2D eigenvalue weighted by molar-refractivity contribution is -0.143. The number of aliphatic hydroxyl groups is 1. The lowest BCUT2D eigenvalue weighted by Crippen LogP contribution is -2.70. The summed E-state index contributed by atoms with van der Waals surface area (Å²) in [5.74, 6) is -1.75. The molecule has 20 heavy (non-hydrogen) atoms. The summed E-state index contributed by atoms with van der Waals surface area (Å²) in [4.78, 5) is 13.9. The summed E-state index contributed by atoms with van der Waals surface area (Å²) in [6.45, 7) is 3.32. The van der Waals surface area contributed by atoms with Crippen LogP contribution in [-0.4, -0.2) is 41.7 Å². The van der Waals surface area contributed by atoms with Crippen LogP contribution in [0.4, 0.5) is 8.78 Å². The molecule has 110 valence electrons. The number of hydrogen-bond acceptors (Lipinski definition) is 3. The number of halogens is 2. The van der Waals surface area contributed by atoms with Crippen molar-refractivity contribution in [2.45, 2.75) is 24.9 Å². The fourth-order valence-corrected chi connectivity index (χ4v) is 2.48. The molecular weight excluding hydrogens is 266 g/mol. The third kappa shape index (κ3) is 2.29. The van der Waals surface area contributed by atoms with Crippen molar-refractivity contribution < 1.29 is 18.7 Å². The first kappa shape index (κ1) is 14.9. The molecule has 1 saturated heterocycles. The first-order valence-electron chi connectivity index (χ1n) is 6.32. The van der Waals surface area contributed by atoms with Crippen LogP contribution in [0.15, 0.2) is 18.2 Å². The highest BCUT2D eigenvalue weighted by atomic mass is 19.1. The summed E-state index contributed by atoms with van der Waals surface area (Å²) in [6, 6.07) is 3.21. The molecule has 6 heteroatoms. The topological polar surface area (TPSA) is 52.6 Å². The molecule has 1 aliphatic heterocycles. The van der Waals surface area contributed by atoms with Gasteiger partial charge >= 0.3 is 0 Å². The predicted octanol–water partition coefficient (Wildman–Crippen LogP) is 0.993. The zero-order valence-corrected chi connectivity index (χ0v) is 11.7. The van der Waals surface area contributed by atoms with Gasteiger partial charge in [-0.05, 0) is 38.6 Å². The predicted molar refractivity (Wildman–Crippen MR) is 70.0 cm³/mol. The average Bonchev–Trinajstić information content (AvgIpc) is 2.34. The molecule has 0 saturated carbocycles. The number of amides is 1. The van der Waals surface area contributed by atoms with Crippen LogP contribution in [-0.2, 0) is 10.3 Å². The Labute approximate surface area is 116 Å². The van der Waals surface area contributed by atoms with Crippen molar-refractivity contribution in [3.05, 3.63) is 35.4 Å². The minimum Gasteiger partial charge on any atom is -0.394 e. The highest BCUT2D eigenvalue weighted by Crippen LogP contribution is 2.31. The van der Waals surface area contributed by atoms with Crippen LogP contribution in [0.2, 0.25) is 0 Å². The molecule has 2 rings (SSSR count). The van der Waals surface area contributed by atoms with Gasteiger partial charge in [-0.2, -0.15) is 0 Å². The number of aliphatic hydroxyl groups excluding tert-OH is 1. The average molecular weight is 284 g/mol. The molecule has 1 fully saturated rings. The Balaban J connectivity index is 2.40. The second-order valence-electron chi connectivity index (χ2n) is 5.73. The lowest BCUT2D eigenvalue weighted by atomic mass is 9.84. The maximum absolute atomic E-state index is 13.4. The van der Waals surface area contributed by atoms with Crippen molar-refractivity contribution in [1.82, 2.24) is 10.2 Å². The molecule has 0 spiro atoms. The molecule has 4 nitrogen and oxygen atoms in total. The van der Waals surface area contributed by atoms with Crippen molar-refractivity contribution >= 4 is 5.91 Å². The molecule has 1 amide bonds. The minimum absolute atomic E-state index is 0.330. The van der Waals surface area contributed by atoms with Crippen LogP contribution in [0.1, 0.15) is 19.4 Å². The molecule has 0 radical (unpaired) electrons. The second-order valence-corrected chi connectivity index (χ2v) is 5.73. The third-order valence-electron chi connectivity index (χ3n) is 4.08.